The molecule has 15 heteroatoms. The van der Waals surface area contributed by atoms with Crippen LogP contribution in [0.2, 0.25) is 0 Å². The molecule has 0 saturated heterocycles. The summed E-state index contributed by atoms with van der Waals surface area (Å²) in [4.78, 5) is 47.3. The van der Waals surface area contributed by atoms with Crippen molar-refractivity contribution in [1.82, 2.24) is 45.1 Å². The van der Waals surface area contributed by atoms with Gasteiger partial charge in [0.15, 0.2) is 12.4 Å². The normalized spacial score (nSPS) is 12.3. The second kappa shape index (κ2) is 21.6. The minimum atomic E-state index is -0.413. The number of para-hydroxylation sites is 7. The molecule has 0 aliphatic carbocycles. The number of amides is 1. The van der Waals surface area contributed by atoms with Crippen molar-refractivity contribution >= 4 is 78.4 Å². The van der Waals surface area contributed by atoms with Gasteiger partial charge in [-0.15, -0.1) is 0 Å². The molecule has 2 atom stereocenters. The number of carbonyl (C=O) groups is 2. The number of aromatic amines is 3. The Balaban J connectivity index is 0.000000205. The van der Waals surface area contributed by atoms with Crippen molar-refractivity contribution < 1.29 is 19.4 Å². The number of imidazole rings is 3. The molecule has 1 aliphatic heterocycles. The highest BCUT2D eigenvalue weighted by molar-refractivity contribution is 8.07. The lowest BCUT2D eigenvalue weighted by molar-refractivity contribution is -0.123. The Bertz CT molecular complexity index is 2750. The molecule has 6 N–H and O–H groups in total. The molecule has 9 aromatic rings. The van der Waals surface area contributed by atoms with Crippen LogP contribution in [0, 0.1) is 0 Å². The van der Waals surface area contributed by atoms with Crippen LogP contribution in [0.1, 0.15) is 56.4 Å². The fourth-order valence-corrected chi connectivity index (χ4v) is 6.87. The summed E-state index contributed by atoms with van der Waals surface area (Å²) >= 11 is 7.33. The van der Waals surface area contributed by atoms with E-state index in [0.29, 0.717) is 24.6 Å². The number of benzene rings is 5. The van der Waals surface area contributed by atoms with Crippen molar-refractivity contribution in [3.05, 3.63) is 162 Å². The van der Waals surface area contributed by atoms with Crippen molar-refractivity contribution in [2.24, 2.45) is 0 Å². The molecule has 0 bridgehead atoms. The molecule has 1 aliphatic rings. The van der Waals surface area contributed by atoms with Gasteiger partial charge in [-0.3, -0.25) is 10.1 Å². The number of nitrogens with one attached hydrogen (secondary N) is 5. The Kier molecular flexibility index (Phi) is 16.1. The number of cyclic esters (lactones) is 1. The van der Waals surface area contributed by atoms with Crippen molar-refractivity contribution in [2.45, 2.75) is 60.0 Å². The third-order valence-corrected chi connectivity index (χ3v) is 9.75. The van der Waals surface area contributed by atoms with Crippen molar-refractivity contribution in [1.29, 1.82) is 0 Å². The zero-order valence-corrected chi connectivity index (χ0v) is 33.6. The van der Waals surface area contributed by atoms with Gasteiger partial charge in [-0.1, -0.05) is 99.8 Å². The first-order valence-corrected chi connectivity index (χ1v) is 20.2. The fourth-order valence-electron chi connectivity index (χ4n) is 6.87. The average Bonchev–Trinajstić information content (AvgIpc) is 4.13. The van der Waals surface area contributed by atoms with E-state index in [1.807, 2.05) is 134 Å². The van der Waals surface area contributed by atoms with Crippen LogP contribution >= 0.6 is 0 Å². The Labute approximate surface area is 363 Å². The quantitative estimate of drug-likeness (QED) is 0.0825. The summed E-state index contributed by atoms with van der Waals surface area (Å²) in [7, 11) is 0. The van der Waals surface area contributed by atoms with Crippen molar-refractivity contribution in [3.8, 4) is 0 Å². The Morgan fingerprint density at radius 2 is 1.34 bits per heavy atom. The van der Waals surface area contributed by atoms with E-state index in [9.17, 15) is 9.59 Å². The molecule has 0 saturated carbocycles. The molecule has 61 heavy (non-hydrogen) atoms. The van der Waals surface area contributed by atoms with E-state index in [1.165, 1.54) is 4.57 Å². The van der Waals surface area contributed by atoms with E-state index in [4.69, 9.17) is 9.84 Å². The third-order valence-electron chi connectivity index (χ3n) is 9.75. The van der Waals surface area contributed by atoms with Gasteiger partial charge in [0.2, 0.25) is 5.91 Å². The lowest BCUT2D eigenvalue weighted by atomic mass is 10.0. The molecule has 314 valence electrons. The first-order chi connectivity index (χ1) is 28.9. The van der Waals surface area contributed by atoms with Gasteiger partial charge in [0, 0.05) is 39.5 Å². The Hall–Kier alpha value is -6.65. The van der Waals surface area contributed by atoms with E-state index in [-0.39, 0.29) is 46.1 Å². The number of nitrogens with zero attached hydrogens (tertiary/aromatic N) is 4. The van der Waals surface area contributed by atoms with E-state index >= 15 is 0 Å². The lowest BCUT2D eigenvalue weighted by Gasteiger charge is -2.21. The molecule has 4 aromatic heterocycles. The molecule has 2 unspecified atom stereocenters. The zero-order valence-electron chi connectivity index (χ0n) is 32.0. The highest BCUT2D eigenvalue weighted by atomic mass is 32.8. The smallest absolute Gasteiger partial charge is 0.420 e. The van der Waals surface area contributed by atoms with Gasteiger partial charge in [0.25, 0.3) is 0 Å². The predicted octanol–water partition coefficient (Wildman–Crippen LogP) is 8.48. The van der Waals surface area contributed by atoms with Crippen molar-refractivity contribution in [2.75, 3.05) is 0 Å². The van der Waals surface area contributed by atoms with E-state index in [1.54, 1.807) is 0 Å². The third kappa shape index (κ3) is 10.8. The van der Waals surface area contributed by atoms with Crippen LogP contribution in [0.5, 0.6) is 0 Å². The molecule has 1 amide bonds. The van der Waals surface area contributed by atoms with Crippen LogP contribution in [-0.4, -0.2) is 57.6 Å². The minimum absolute atomic E-state index is 0. The lowest BCUT2D eigenvalue weighted by Crippen LogP contribution is -2.46. The molecular formula is C46H49N9O4S2. The number of H-pyrrole nitrogens is 3. The summed E-state index contributed by atoms with van der Waals surface area (Å²) in [6, 6.07) is 40.8. The number of ether oxygens (including phenoxy) is 1. The number of hydrogen-bond acceptors (Lipinski definition) is 10. The van der Waals surface area contributed by atoms with Crippen LogP contribution in [0.3, 0.4) is 0 Å². The summed E-state index contributed by atoms with van der Waals surface area (Å²) in [5.74, 6) is 2.08. The maximum Gasteiger partial charge on any atom is 0.420 e. The van der Waals surface area contributed by atoms with Gasteiger partial charge < -0.3 is 30.1 Å². The summed E-state index contributed by atoms with van der Waals surface area (Å²) < 4.78 is 6.34. The standard InChI is InChI=1S/C27H27N5O.C9H6N2O2.C8H8N2O.2CH4.S2/c1-18(19-9-3-2-4-10-19)30-27(33)25(15-20-16-28-22-12-6-5-11-21(20)22)29-17-26-31-23-13-7-8-14-24(23)32-26;12-9-11-7-4-2-1-3-6(7)10-8(11)5-13-9;11-5-8-9-6-3-1-2-4-7(6)10-8;;;1-2/h2-14,16,18,25,28-29H,15,17H2,1H3,(H,30,33)(H,31,32);1-4H,5H2;1-4,11H,5H2,(H,9,10);2*1H4;. The predicted molar refractivity (Wildman–Crippen MR) is 247 cm³/mol. The summed E-state index contributed by atoms with van der Waals surface area (Å²) in [5.41, 5.74) is 8.70. The number of rotatable bonds is 9. The van der Waals surface area contributed by atoms with E-state index in [2.05, 4.69) is 69.0 Å². The average molecular weight is 856 g/mol. The first kappa shape index (κ1) is 45.4. The Morgan fingerprint density at radius 3 is 2.02 bits per heavy atom. The topological polar surface area (TPSA) is 179 Å². The van der Waals surface area contributed by atoms with Gasteiger partial charge in [0.1, 0.15) is 18.3 Å². The number of aliphatic hydroxyl groups excluding tert-OH is 1. The molecule has 0 spiro atoms. The van der Waals surface area contributed by atoms with Crippen LogP contribution in [0.15, 0.2) is 134 Å². The van der Waals surface area contributed by atoms with Crippen LogP contribution in [0.25, 0.3) is 44.0 Å². The van der Waals surface area contributed by atoms with Crippen LogP contribution < -0.4 is 10.6 Å². The fraction of sp³-hybridized carbons (Fsp3) is 0.196. The highest BCUT2D eigenvalue weighted by Gasteiger charge is 2.25. The second-order valence-corrected chi connectivity index (χ2v) is 13.6. The monoisotopic (exact) mass is 855 g/mol. The van der Waals surface area contributed by atoms with Gasteiger partial charge in [0.05, 0.1) is 51.7 Å². The number of aliphatic hydroxyl groups is 1. The molecule has 10 rings (SSSR count). The van der Waals surface area contributed by atoms with E-state index in [0.717, 1.165) is 61.0 Å². The SMILES string of the molecule is C.C.CC(NC(=O)C(Cc1c[nH]c2ccccc12)NCc1nc2ccccc2[nH]1)c1ccccc1.O=C1OCc2nc3ccccc3n21.OCc1nc2ccccc2[nH]1.S=S. The number of carbonyl (C=O) groups excluding carboxylic acids is 2. The molecule has 0 radical (unpaired) electrons. The number of fused-ring (bicyclic) bond motifs is 6. The van der Waals surface area contributed by atoms with Gasteiger partial charge in [-0.2, -0.15) is 0 Å². The maximum atomic E-state index is 13.4. The number of aromatic nitrogens is 7. The summed E-state index contributed by atoms with van der Waals surface area (Å²) in [5, 5.41) is 16.5. The minimum Gasteiger partial charge on any atom is -0.441 e. The van der Waals surface area contributed by atoms with E-state index < -0.39 is 6.04 Å². The largest absolute Gasteiger partial charge is 0.441 e. The molecule has 0 fully saturated rings. The zero-order chi connectivity index (χ0) is 41.1. The number of hydrogen-bond donors (Lipinski definition) is 6. The van der Waals surface area contributed by atoms with Gasteiger partial charge in [-0.25, -0.2) is 24.3 Å². The molecule has 13 nitrogen and oxygen atoms in total. The summed E-state index contributed by atoms with van der Waals surface area (Å²) in [6.07, 6.45) is 2.23. The molecule has 5 aromatic carbocycles. The molecular weight excluding hydrogens is 807 g/mol. The molecule has 5 heterocycles. The second-order valence-electron chi connectivity index (χ2n) is 13.6. The van der Waals surface area contributed by atoms with Crippen LogP contribution in [0.4, 0.5) is 4.79 Å². The highest BCUT2D eigenvalue weighted by Crippen LogP contribution is 2.22. The van der Waals surface area contributed by atoms with Gasteiger partial charge >= 0.3 is 6.09 Å². The first-order valence-electron chi connectivity index (χ1n) is 18.9. The Morgan fingerprint density at radius 1 is 0.770 bits per heavy atom. The maximum absolute atomic E-state index is 13.4. The van der Waals surface area contributed by atoms with Crippen LogP contribution in [-0.2, 0) is 58.1 Å². The van der Waals surface area contributed by atoms with Crippen molar-refractivity contribution in [3.63, 3.8) is 0 Å². The van der Waals surface area contributed by atoms with Gasteiger partial charge in [-0.05, 0) is 66.9 Å². The summed E-state index contributed by atoms with van der Waals surface area (Å²) in [6.45, 7) is 2.73.